The van der Waals surface area contributed by atoms with Gasteiger partial charge in [0.2, 0.25) is 0 Å². The van der Waals surface area contributed by atoms with Gasteiger partial charge in [0.05, 0.1) is 5.60 Å². The molecule has 1 aromatic rings. The molecule has 0 aliphatic heterocycles. The van der Waals surface area contributed by atoms with Gasteiger partial charge in [0.1, 0.15) is 10.5 Å². The standard InChI is InChI=1S/C15H26OSi/c1-14(2,3)13(15(4,5)16-17)11-12-9-7-6-8-10-12/h6-10,13H,11H2,1-5,17H3. The van der Waals surface area contributed by atoms with Crippen molar-refractivity contribution in [2.75, 3.05) is 0 Å². The molecule has 0 spiro atoms. The fourth-order valence-corrected chi connectivity index (χ4v) is 2.87. The van der Waals surface area contributed by atoms with E-state index in [0.717, 1.165) is 16.9 Å². The van der Waals surface area contributed by atoms with E-state index in [1.165, 1.54) is 5.56 Å². The van der Waals surface area contributed by atoms with Crippen LogP contribution in [0.4, 0.5) is 0 Å². The molecule has 0 heterocycles. The summed E-state index contributed by atoms with van der Waals surface area (Å²) in [6, 6.07) is 10.7. The maximum atomic E-state index is 5.84. The summed E-state index contributed by atoms with van der Waals surface area (Å²) in [5, 5.41) is 0. The molecule has 0 aromatic heterocycles. The van der Waals surface area contributed by atoms with Crippen LogP contribution in [-0.4, -0.2) is 16.1 Å². The van der Waals surface area contributed by atoms with Crippen LogP contribution in [-0.2, 0) is 10.8 Å². The van der Waals surface area contributed by atoms with Gasteiger partial charge in [0.15, 0.2) is 0 Å². The van der Waals surface area contributed by atoms with Crippen molar-refractivity contribution < 1.29 is 4.43 Å². The highest BCUT2D eigenvalue weighted by molar-refractivity contribution is 5.98. The van der Waals surface area contributed by atoms with Gasteiger partial charge in [-0.25, -0.2) is 0 Å². The molecular formula is C15H26OSi. The van der Waals surface area contributed by atoms with Gasteiger partial charge in [0, 0.05) is 0 Å². The number of rotatable bonds is 4. The summed E-state index contributed by atoms with van der Waals surface area (Å²) in [5.74, 6) is 0.523. The van der Waals surface area contributed by atoms with Crippen LogP contribution in [0.25, 0.3) is 0 Å². The Morgan fingerprint density at radius 2 is 1.59 bits per heavy atom. The molecule has 0 saturated heterocycles. The molecule has 0 aliphatic carbocycles. The van der Waals surface area contributed by atoms with Gasteiger partial charge in [-0.1, -0.05) is 51.1 Å². The monoisotopic (exact) mass is 250 g/mol. The molecule has 0 aliphatic rings. The van der Waals surface area contributed by atoms with Gasteiger partial charge in [0.25, 0.3) is 0 Å². The average Bonchev–Trinajstić information content (AvgIpc) is 2.25. The normalized spacial score (nSPS) is 14.9. The topological polar surface area (TPSA) is 9.23 Å². The van der Waals surface area contributed by atoms with Crippen LogP contribution in [0.2, 0.25) is 0 Å². The summed E-state index contributed by atoms with van der Waals surface area (Å²) in [6.45, 7) is 11.4. The van der Waals surface area contributed by atoms with Crippen LogP contribution >= 0.6 is 0 Å². The van der Waals surface area contributed by atoms with E-state index < -0.39 is 0 Å². The van der Waals surface area contributed by atoms with Crippen molar-refractivity contribution >= 4 is 10.5 Å². The minimum absolute atomic E-state index is 0.0414. The maximum absolute atomic E-state index is 5.84. The van der Waals surface area contributed by atoms with Crippen molar-refractivity contribution in [1.29, 1.82) is 0 Å². The lowest BCUT2D eigenvalue weighted by Crippen LogP contribution is -2.43. The van der Waals surface area contributed by atoms with Crippen LogP contribution in [0.5, 0.6) is 0 Å². The molecule has 1 nitrogen and oxygen atoms in total. The first-order valence-corrected chi connectivity index (χ1v) is 7.18. The lowest BCUT2D eigenvalue weighted by Gasteiger charge is -2.42. The maximum Gasteiger partial charge on any atom is 0.146 e. The summed E-state index contributed by atoms with van der Waals surface area (Å²) in [4.78, 5) is 0. The van der Waals surface area contributed by atoms with Gasteiger partial charge in [-0.05, 0) is 37.2 Å². The highest BCUT2D eigenvalue weighted by Gasteiger charge is 2.37. The van der Waals surface area contributed by atoms with Crippen LogP contribution in [0.15, 0.2) is 30.3 Å². The lowest BCUT2D eigenvalue weighted by atomic mass is 9.69. The second kappa shape index (κ2) is 5.36. The average molecular weight is 250 g/mol. The summed E-state index contributed by atoms with van der Waals surface area (Å²) in [5.41, 5.74) is 1.61. The molecule has 0 saturated carbocycles. The second-order valence-electron chi connectivity index (χ2n) is 6.42. The van der Waals surface area contributed by atoms with E-state index in [4.69, 9.17) is 4.43 Å². The van der Waals surface area contributed by atoms with E-state index in [0.29, 0.717) is 5.92 Å². The second-order valence-corrected chi connectivity index (χ2v) is 6.82. The SMILES string of the molecule is CC(C)(C)C(Cc1ccccc1)C(C)(C)O[SiH3]. The molecule has 0 fully saturated rings. The minimum atomic E-state index is -0.0414. The Kier molecular flexibility index (Phi) is 4.56. The zero-order chi connectivity index (χ0) is 13.1. The Morgan fingerprint density at radius 3 is 2.00 bits per heavy atom. The first kappa shape index (κ1) is 14.5. The van der Waals surface area contributed by atoms with Gasteiger partial charge in [-0.2, -0.15) is 0 Å². The molecule has 1 unspecified atom stereocenters. The third-order valence-corrected chi connectivity index (χ3v) is 4.75. The first-order valence-electron chi connectivity index (χ1n) is 6.36. The fraction of sp³-hybridized carbons (Fsp3) is 0.600. The van der Waals surface area contributed by atoms with Crippen molar-refractivity contribution in [3.63, 3.8) is 0 Å². The Bertz CT molecular complexity index is 338. The Balaban J connectivity index is 2.94. The molecule has 0 amide bonds. The van der Waals surface area contributed by atoms with Gasteiger partial charge in [-0.15, -0.1) is 0 Å². The van der Waals surface area contributed by atoms with E-state index in [2.05, 4.69) is 65.0 Å². The Morgan fingerprint density at radius 1 is 1.06 bits per heavy atom. The van der Waals surface area contributed by atoms with Gasteiger partial charge >= 0.3 is 0 Å². The Hall–Kier alpha value is -0.603. The van der Waals surface area contributed by atoms with Crippen LogP contribution in [0.1, 0.15) is 40.2 Å². The summed E-state index contributed by atoms with van der Waals surface area (Å²) < 4.78 is 5.84. The number of benzene rings is 1. The van der Waals surface area contributed by atoms with E-state index in [-0.39, 0.29) is 11.0 Å². The zero-order valence-corrected chi connectivity index (χ0v) is 14.1. The third-order valence-electron chi connectivity index (χ3n) is 3.69. The molecule has 1 aromatic carbocycles. The largest absolute Gasteiger partial charge is 0.423 e. The van der Waals surface area contributed by atoms with Gasteiger partial charge in [-0.3, -0.25) is 0 Å². The molecule has 2 heteroatoms. The number of hydrogen-bond donors (Lipinski definition) is 0. The van der Waals surface area contributed by atoms with Crippen molar-refractivity contribution in [3.8, 4) is 0 Å². The van der Waals surface area contributed by atoms with Crippen LogP contribution in [0, 0.1) is 11.3 Å². The molecule has 0 radical (unpaired) electrons. The summed E-state index contributed by atoms with van der Waals surface area (Å²) >= 11 is 0. The van der Waals surface area contributed by atoms with Crippen LogP contribution in [0.3, 0.4) is 0 Å². The van der Waals surface area contributed by atoms with Crippen molar-refractivity contribution in [3.05, 3.63) is 35.9 Å². The molecule has 0 bridgehead atoms. The van der Waals surface area contributed by atoms with Crippen LogP contribution < -0.4 is 0 Å². The predicted octanol–water partition coefficient (Wildman–Crippen LogP) is 2.97. The molecule has 1 rings (SSSR count). The van der Waals surface area contributed by atoms with E-state index in [1.807, 2.05) is 0 Å². The summed E-state index contributed by atoms with van der Waals surface area (Å²) in [7, 11) is 0.796. The van der Waals surface area contributed by atoms with E-state index >= 15 is 0 Å². The lowest BCUT2D eigenvalue weighted by molar-refractivity contribution is -0.00487. The Labute approximate surface area is 109 Å². The predicted molar refractivity (Wildman–Crippen MR) is 78.2 cm³/mol. The van der Waals surface area contributed by atoms with Crippen molar-refractivity contribution in [2.24, 2.45) is 11.3 Å². The van der Waals surface area contributed by atoms with Crippen molar-refractivity contribution in [2.45, 2.75) is 46.6 Å². The smallest absolute Gasteiger partial charge is 0.146 e. The minimum Gasteiger partial charge on any atom is -0.423 e. The summed E-state index contributed by atoms with van der Waals surface area (Å²) in [6.07, 6.45) is 1.08. The molecular weight excluding hydrogens is 224 g/mol. The first-order chi connectivity index (χ1) is 7.77. The fourth-order valence-electron chi connectivity index (χ4n) is 2.59. The van der Waals surface area contributed by atoms with Crippen molar-refractivity contribution in [1.82, 2.24) is 0 Å². The van der Waals surface area contributed by atoms with E-state index in [1.54, 1.807) is 0 Å². The number of hydrogen-bond acceptors (Lipinski definition) is 1. The molecule has 17 heavy (non-hydrogen) atoms. The van der Waals surface area contributed by atoms with E-state index in [9.17, 15) is 0 Å². The molecule has 1 atom stereocenters. The highest BCUT2D eigenvalue weighted by Crippen LogP contribution is 2.38. The molecule has 0 N–H and O–H groups in total. The van der Waals surface area contributed by atoms with Gasteiger partial charge < -0.3 is 4.43 Å². The quantitative estimate of drug-likeness (QED) is 0.747. The molecule has 96 valence electrons. The third kappa shape index (κ3) is 3.97. The highest BCUT2D eigenvalue weighted by atomic mass is 28.2. The zero-order valence-electron chi connectivity index (χ0n) is 12.1.